The van der Waals surface area contributed by atoms with Crippen molar-refractivity contribution in [3.05, 3.63) is 63.0 Å². The van der Waals surface area contributed by atoms with Gasteiger partial charge in [0.1, 0.15) is 11.4 Å². The van der Waals surface area contributed by atoms with E-state index in [0.29, 0.717) is 16.3 Å². The molecule has 0 aliphatic carbocycles. The van der Waals surface area contributed by atoms with Gasteiger partial charge >= 0.3 is 0 Å². The highest BCUT2D eigenvalue weighted by Gasteiger charge is 2.20. The highest BCUT2D eigenvalue weighted by atomic mass is 79.9. The summed E-state index contributed by atoms with van der Waals surface area (Å²) in [5.74, 6) is 0.468. The van der Waals surface area contributed by atoms with Crippen LogP contribution in [0.5, 0.6) is 0 Å². The Balaban J connectivity index is 2.00. The molecule has 7 heteroatoms. The van der Waals surface area contributed by atoms with Crippen LogP contribution in [0.15, 0.2) is 41.0 Å². The number of aromatic nitrogens is 3. The third kappa shape index (κ3) is 2.99. The molecular formula is C17H16BrClN4O. The topological polar surface area (TPSA) is 51.9 Å². The van der Waals surface area contributed by atoms with E-state index in [1.165, 1.54) is 0 Å². The van der Waals surface area contributed by atoms with Gasteiger partial charge in [-0.05, 0) is 44.2 Å². The molecule has 2 heterocycles. The van der Waals surface area contributed by atoms with Gasteiger partial charge in [0.25, 0.3) is 5.91 Å². The maximum Gasteiger partial charge on any atom is 0.261 e. The van der Waals surface area contributed by atoms with Gasteiger partial charge in [0.05, 0.1) is 16.9 Å². The lowest BCUT2D eigenvalue weighted by Crippen LogP contribution is -2.16. The third-order valence-corrected chi connectivity index (χ3v) is 4.62. The number of halogens is 2. The molecule has 2 aromatic heterocycles. The average Bonchev–Trinajstić information content (AvgIpc) is 3.05. The van der Waals surface area contributed by atoms with Crippen molar-refractivity contribution in [2.45, 2.75) is 13.8 Å². The molecule has 0 radical (unpaired) electrons. The third-order valence-electron chi connectivity index (χ3n) is 3.81. The number of benzene rings is 1. The van der Waals surface area contributed by atoms with E-state index in [-0.39, 0.29) is 5.91 Å². The Hall–Kier alpha value is -2.05. The molecule has 0 aliphatic heterocycles. The maximum atomic E-state index is 12.8. The summed E-state index contributed by atoms with van der Waals surface area (Å²) in [6.07, 6.45) is 1.57. The van der Waals surface area contributed by atoms with Gasteiger partial charge in [0.2, 0.25) is 0 Å². The molecule has 0 aliphatic rings. The van der Waals surface area contributed by atoms with Gasteiger partial charge < -0.3 is 9.88 Å². The molecule has 0 unspecified atom stereocenters. The number of aryl methyl sites for hydroxylation is 3. The monoisotopic (exact) mass is 406 g/mol. The lowest BCUT2D eigenvalue weighted by molar-refractivity contribution is 0.102. The highest BCUT2D eigenvalue weighted by molar-refractivity contribution is 9.10. The summed E-state index contributed by atoms with van der Waals surface area (Å²) < 4.78 is 4.55. The number of anilines is 1. The molecule has 0 fully saturated rings. The van der Waals surface area contributed by atoms with Crippen LogP contribution in [-0.4, -0.2) is 20.3 Å². The zero-order valence-corrected chi connectivity index (χ0v) is 15.8. The van der Waals surface area contributed by atoms with E-state index < -0.39 is 0 Å². The fraction of sp³-hybridized carbons (Fsp3) is 0.176. The van der Waals surface area contributed by atoms with Crippen LogP contribution in [-0.2, 0) is 7.05 Å². The molecule has 1 N–H and O–H groups in total. The lowest BCUT2D eigenvalue weighted by Gasteiger charge is -2.13. The first-order valence-corrected chi connectivity index (χ1v) is 8.49. The highest BCUT2D eigenvalue weighted by Crippen LogP contribution is 2.27. The smallest absolute Gasteiger partial charge is 0.261 e. The Morgan fingerprint density at radius 3 is 2.50 bits per heavy atom. The number of hydrogen-bond donors (Lipinski definition) is 1. The van der Waals surface area contributed by atoms with E-state index in [0.717, 1.165) is 21.7 Å². The molecule has 0 saturated heterocycles. The Kier molecular flexibility index (Phi) is 4.51. The number of carbonyl (C=O) groups excluding carboxylic acids is 1. The Morgan fingerprint density at radius 2 is 1.88 bits per heavy atom. The van der Waals surface area contributed by atoms with Crippen LogP contribution in [0.2, 0.25) is 5.02 Å². The summed E-state index contributed by atoms with van der Waals surface area (Å²) in [5.41, 5.74) is 3.11. The first-order valence-electron chi connectivity index (χ1n) is 7.32. The second-order valence-electron chi connectivity index (χ2n) is 5.54. The second kappa shape index (κ2) is 6.45. The van der Waals surface area contributed by atoms with Gasteiger partial charge in [0.15, 0.2) is 0 Å². The van der Waals surface area contributed by atoms with Crippen molar-refractivity contribution in [3.8, 4) is 5.82 Å². The molecule has 0 atom stereocenters. The van der Waals surface area contributed by atoms with Gasteiger partial charge in [-0.2, -0.15) is 5.10 Å². The van der Waals surface area contributed by atoms with E-state index in [9.17, 15) is 4.79 Å². The fourth-order valence-electron chi connectivity index (χ4n) is 2.64. The zero-order valence-electron chi connectivity index (χ0n) is 13.5. The number of hydrogen-bond acceptors (Lipinski definition) is 2. The summed E-state index contributed by atoms with van der Waals surface area (Å²) in [4.78, 5) is 12.8. The van der Waals surface area contributed by atoms with E-state index in [1.54, 1.807) is 23.0 Å². The van der Waals surface area contributed by atoms with E-state index in [2.05, 4.69) is 26.3 Å². The van der Waals surface area contributed by atoms with Crippen molar-refractivity contribution < 1.29 is 4.79 Å². The minimum atomic E-state index is -0.255. The standard InChI is InChI=1S/C17H16BrClN4O/c1-10-4-5-11(2)23(10)17-13(9-20-22(17)3)16(24)21-15-7-6-12(18)8-14(15)19/h4-9H,1-3H3,(H,21,24). The number of carbonyl (C=O) groups is 1. The molecule has 5 nitrogen and oxygen atoms in total. The maximum absolute atomic E-state index is 12.8. The minimum Gasteiger partial charge on any atom is -0.320 e. The number of amides is 1. The SMILES string of the molecule is Cc1ccc(C)n1-c1c(C(=O)Nc2ccc(Br)cc2Cl)cnn1C. The number of nitrogens with one attached hydrogen (secondary N) is 1. The molecule has 0 bridgehead atoms. The van der Waals surface area contributed by atoms with E-state index >= 15 is 0 Å². The molecule has 3 rings (SSSR count). The Morgan fingerprint density at radius 1 is 1.21 bits per heavy atom. The quantitative estimate of drug-likeness (QED) is 0.695. The largest absolute Gasteiger partial charge is 0.320 e. The van der Waals surface area contributed by atoms with Crippen LogP contribution < -0.4 is 5.32 Å². The zero-order chi connectivity index (χ0) is 17.4. The van der Waals surface area contributed by atoms with Crippen LogP contribution in [0.1, 0.15) is 21.7 Å². The summed E-state index contributed by atoms with van der Waals surface area (Å²) >= 11 is 9.54. The average molecular weight is 408 g/mol. The van der Waals surface area contributed by atoms with Crippen LogP contribution >= 0.6 is 27.5 Å². The molecular weight excluding hydrogens is 392 g/mol. The minimum absolute atomic E-state index is 0.255. The first-order chi connectivity index (χ1) is 11.4. The Bertz CT molecular complexity index is 909. The van der Waals surface area contributed by atoms with Gasteiger partial charge in [-0.3, -0.25) is 9.48 Å². The molecule has 24 heavy (non-hydrogen) atoms. The van der Waals surface area contributed by atoms with Crippen LogP contribution in [0, 0.1) is 13.8 Å². The van der Waals surface area contributed by atoms with E-state index in [4.69, 9.17) is 11.6 Å². The van der Waals surface area contributed by atoms with Crippen molar-refractivity contribution >= 4 is 39.1 Å². The number of rotatable bonds is 3. The molecule has 0 spiro atoms. The molecule has 124 valence electrons. The predicted octanol–water partition coefficient (Wildman–Crippen LogP) is 4.50. The van der Waals surface area contributed by atoms with Crippen molar-refractivity contribution in [2.24, 2.45) is 7.05 Å². The van der Waals surface area contributed by atoms with Crippen molar-refractivity contribution in [1.82, 2.24) is 14.3 Å². The summed E-state index contributed by atoms with van der Waals surface area (Å²) in [6, 6.07) is 9.34. The number of nitrogens with zero attached hydrogens (tertiary/aromatic N) is 3. The molecule has 1 aromatic carbocycles. The predicted molar refractivity (Wildman–Crippen MR) is 99.1 cm³/mol. The van der Waals surface area contributed by atoms with Gasteiger partial charge in [-0.15, -0.1) is 0 Å². The fourth-order valence-corrected chi connectivity index (χ4v) is 3.36. The second-order valence-corrected chi connectivity index (χ2v) is 6.86. The summed E-state index contributed by atoms with van der Waals surface area (Å²) in [5, 5.41) is 7.57. The van der Waals surface area contributed by atoms with Gasteiger partial charge in [0, 0.05) is 22.9 Å². The van der Waals surface area contributed by atoms with Crippen LogP contribution in [0.25, 0.3) is 5.82 Å². The Labute approximate surface area is 153 Å². The first kappa shape index (κ1) is 16.8. The summed E-state index contributed by atoms with van der Waals surface area (Å²) in [7, 11) is 1.82. The van der Waals surface area contributed by atoms with Crippen LogP contribution in [0.4, 0.5) is 5.69 Å². The van der Waals surface area contributed by atoms with Crippen molar-refractivity contribution in [2.75, 3.05) is 5.32 Å². The normalized spacial score (nSPS) is 10.9. The molecule has 3 aromatic rings. The van der Waals surface area contributed by atoms with Crippen molar-refractivity contribution in [1.29, 1.82) is 0 Å². The van der Waals surface area contributed by atoms with Gasteiger partial charge in [-0.1, -0.05) is 27.5 Å². The van der Waals surface area contributed by atoms with Crippen LogP contribution in [0.3, 0.4) is 0 Å². The molecule has 0 saturated carbocycles. The summed E-state index contributed by atoms with van der Waals surface area (Å²) in [6.45, 7) is 3.99. The lowest BCUT2D eigenvalue weighted by atomic mass is 10.2. The van der Waals surface area contributed by atoms with Crippen molar-refractivity contribution in [3.63, 3.8) is 0 Å². The van der Waals surface area contributed by atoms with E-state index in [1.807, 2.05) is 43.7 Å². The molecule has 1 amide bonds. The van der Waals surface area contributed by atoms with Gasteiger partial charge in [-0.25, -0.2) is 0 Å².